The first-order valence-electron chi connectivity index (χ1n) is 4.71. The third-order valence-electron chi connectivity index (χ3n) is 2.13. The number of hydrogen-bond donors (Lipinski definition) is 1. The predicted octanol–water partition coefficient (Wildman–Crippen LogP) is 1.28. The topological polar surface area (TPSA) is 59.0 Å². The molecule has 0 bridgehead atoms. The third kappa shape index (κ3) is 2.14. The summed E-state index contributed by atoms with van der Waals surface area (Å²) in [6, 6.07) is 5.34. The second-order valence-electron chi connectivity index (χ2n) is 3.31. The molecule has 5 heteroatoms. The van der Waals surface area contributed by atoms with E-state index in [4.69, 9.17) is 14.7 Å². The number of hydrogen-bond acceptors (Lipinski definition) is 4. The van der Waals surface area contributed by atoms with Crippen LogP contribution in [-0.4, -0.2) is 30.0 Å². The number of likely N-dealkylation sites (N-methyl/N-ethyl adjacent to an activating group) is 1. The van der Waals surface area contributed by atoms with Crippen molar-refractivity contribution in [2.75, 3.05) is 13.8 Å². The summed E-state index contributed by atoms with van der Waals surface area (Å²) in [6.07, 6.45) is 2.87. The smallest absolute Gasteiger partial charge is 0.269 e. The van der Waals surface area contributed by atoms with E-state index in [-0.39, 0.29) is 6.79 Å². The summed E-state index contributed by atoms with van der Waals surface area (Å²) in [5, 5.41) is 9.36. The molecule has 1 aliphatic heterocycles. The quantitative estimate of drug-likeness (QED) is 0.464. The number of ether oxygens (including phenoxy) is 2. The third-order valence-corrected chi connectivity index (χ3v) is 2.13. The van der Waals surface area contributed by atoms with Crippen molar-refractivity contribution in [3.8, 4) is 11.5 Å². The van der Waals surface area contributed by atoms with Gasteiger partial charge in [-0.25, -0.2) is 5.06 Å². The van der Waals surface area contributed by atoms with Crippen molar-refractivity contribution in [3.63, 3.8) is 0 Å². The summed E-state index contributed by atoms with van der Waals surface area (Å²) in [5.41, 5.74) is 0.805. The summed E-state index contributed by atoms with van der Waals surface area (Å²) in [7, 11) is 1.27. The number of amides is 1. The van der Waals surface area contributed by atoms with Gasteiger partial charge in [-0.15, -0.1) is 0 Å². The standard InChI is InChI=1S/C11H11NO4/c1-12(14)11(13)5-3-8-2-4-9-10(6-8)16-7-15-9/h2-6,14H,7H2,1H3. The molecule has 1 aromatic rings. The lowest BCUT2D eigenvalue weighted by atomic mass is 10.2. The van der Waals surface area contributed by atoms with Crippen LogP contribution in [0, 0.1) is 0 Å². The van der Waals surface area contributed by atoms with Gasteiger partial charge in [0, 0.05) is 13.1 Å². The highest BCUT2D eigenvalue weighted by Crippen LogP contribution is 2.32. The fraction of sp³-hybridized carbons (Fsp3) is 0.182. The molecule has 16 heavy (non-hydrogen) atoms. The second-order valence-corrected chi connectivity index (χ2v) is 3.31. The molecule has 84 valence electrons. The zero-order valence-electron chi connectivity index (χ0n) is 8.71. The SMILES string of the molecule is CN(O)C(=O)C=Cc1ccc2c(c1)OCO2. The number of carbonyl (C=O) groups excluding carboxylic acids is 1. The Labute approximate surface area is 92.5 Å². The second kappa shape index (κ2) is 4.24. The molecule has 1 heterocycles. The maximum atomic E-state index is 11.1. The van der Waals surface area contributed by atoms with E-state index in [1.807, 2.05) is 0 Å². The van der Waals surface area contributed by atoms with Gasteiger partial charge >= 0.3 is 0 Å². The lowest BCUT2D eigenvalue weighted by Crippen LogP contribution is -2.19. The van der Waals surface area contributed by atoms with E-state index in [2.05, 4.69) is 0 Å². The van der Waals surface area contributed by atoms with E-state index in [0.29, 0.717) is 16.6 Å². The maximum Gasteiger partial charge on any atom is 0.269 e. The summed E-state index contributed by atoms with van der Waals surface area (Å²) < 4.78 is 10.3. The Morgan fingerprint density at radius 2 is 2.19 bits per heavy atom. The number of hydroxylamine groups is 2. The molecular formula is C11H11NO4. The van der Waals surface area contributed by atoms with Gasteiger partial charge in [-0.05, 0) is 23.8 Å². The molecule has 1 aromatic carbocycles. The van der Waals surface area contributed by atoms with E-state index >= 15 is 0 Å². The summed E-state index contributed by atoms with van der Waals surface area (Å²) in [6.45, 7) is 0.223. The molecule has 0 radical (unpaired) electrons. The highest BCUT2D eigenvalue weighted by atomic mass is 16.7. The first-order chi connectivity index (χ1) is 7.66. The fourth-order valence-electron chi connectivity index (χ4n) is 1.29. The molecule has 0 atom stereocenters. The largest absolute Gasteiger partial charge is 0.454 e. The predicted molar refractivity (Wildman–Crippen MR) is 56.2 cm³/mol. The Morgan fingerprint density at radius 3 is 2.94 bits per heavy atom. The van der Waals surface area contributed by atoms with Gasteiger partial charge in [0.05, 0.1) is 0 Å². The lowest BCUT2D eigenvalue weighted by molar-refractivity contribution is -0.153. The molecule has 0 aromatic heterocycles. The van der Waals surface area contributed by atoms with Crippen LogP contribution >= 0.6 is 0 Å². The first-order valence-corrected chi connectivity index (χ1v) is 4.71. The average Bonchev–Trinajstić information content (AvgIpc) is 2.72. The van der Waals surface area contributed by atoms with Gasteiger partial charge in [-0.3, -0.25) is 10.0 Å². The number of nitrogens with zero attached hydrogens (tertiary/aromatic N) is 1. The van der Waals surface area contributed by atoms with Crippen molar-refractivity contribution in [1.82, 2.24) is 5.06 Å². The Morgan fingerprint density at radius 1 is 1.44 bits per heavy atom. The van der Waals surface area contributed by atoms with Crippen LogP contribution in [0.25, 0.3) is 6.08 Å². The van der Waals surface area contributed by atoms with Crippen molar-refractivity contribution in [1.29, 1.82) is 0 Å². The van der Waals surface area contributed by atoms with Crippen molar-refractivity contribution >= 4 is 12.0 Å². The number of carbonyl (C=O) groups is 1. The van der Waals surface area contributed by atoms with Gasteiger partial charge in [0.15, 0.2) is 11.5 Å². The van der Waals surface area contributed by atoms with Gasteiger partial charge in [-0.2, -0.15) is 0 Å². The first kappa shape index (κ1) is 10.5. The molecule has 2 rings (SSSR count). The molecule has 0 saturated heterocycles. The molecule has 0 spiro atoms. The maximum absolute atomic E-state index is 11.1. The Hall–Kier alpha value is -2.01. The fourth-order valence-corrected chi connectivity index (χ4v) is 1.29. The van der Waals surface area contributed by atoms with E-state index < -0.39 is 5.91 Å². The highest BCUT2D eigenvalue weighted by Gasteiger charge is 2.12. The monoisotopic (exact) mass is 221 g/mol. The van der Waals surface area contributed by atoms with Crippen LogP contribution in [0.1, 0.15) is 5.56 Å². The molecule has 5 nitrogen and oxygen atoms in total. The molecule has 0 aliphatic carbocycles. The van der Waals surface area contributed by atoms with Gasteiger partial charge in [-0.1, -0.05) is 6.07 Å². The lowest BCUT2D eigenvalue weighted by Gasteiger charge is -2.03. The molecular weight excluding hydrogens is 210 g/mol. The van der Waals surface area contributed by atoms with Crippen molar-refractivity contribution < 1.29 is 19.5 Å². The van der Waals surface area contributed by atoms with Crippen molar-refractivity contribution in [2.45, 2.75) is 0 Å². The Bertz CT molecular complexity index is 440. The molecule has 0 saturated carbocycles. The van der Waals surface area contributed by atoms with E-state index in [9.17, 15) is 4.79 Å². The average molecular weight is 221 g/mol. The van der Waals surface area contributed by atoms with E-state index in [0.717, 1.165) is 5.56 Å². The van der Waals surface area contributed by atoms with Crippen LogP contribution in [0.3, 0.4) is 0 Å². The summed E-state index contributed by atoms with van der Waals surface area (Å²) in [5.74, 6) is 0.868. The van der Waals surface area contributed by atoms with Crippen LogP contribution in [0.15, 0.2) is 24.3 Å². The van der Waals surface area contributed by atoms with Crippen LogP contribution in [-0.2, 0) is 4.79 Å². The van der Waals surface area contributed by atoms with Crippen molar-refractivity contribution in [2.24, 2.45) is 0 Å². The van der Waals surface area contributed by atoms with Gasteiger partial charge in [0.25, 0.3) is 5.91 Å². The minimum absolute atomic E-state index is 0.223. The number of fused-ring (bicyclic) bond motifs is 1. The molecule has 1 N–H and O–H groups in total. The van der Waals surface area contributed by atoms with Crippen molar-refractivity contribution in [3.05, 3.63) is 29.8 Å². The van der Waals surface area contributed by atoms with Gasteiger partial charge < -0.3 is 9.47 Å². The summed E-state index contributed by atoms with van der Waals surface area (Å²) >= 11 is 0. The summed E-state index contributed by atoms with van der Waals surface area (Å²) in [4.78, 5) is 11.1. The van der Waals surface area contributed by atoms with Crippen LogP contribution in [0.5, 0.6) is 11.5 Å². The zero-order chi connectivity index (χ0) is 11.5. The van der Waals surface area contributed by atoms with Crippen LogP contribution < -0.4 is 9.47 Å². The van der Waals surface area contributed by atoms with Gasteiger partial charge in [0.2, 0.25) is 6.79 Å². The van der Waals surface area contributed by atoms with E-state index in [1.54, 1.807) is 24.3 Å². The van der Waals surface area contributed by atoms with Gasteiger partial charge in [0.1, 0.15) is 0 Å². The van der Waals surface area contributed by atoms with Crippen LogP contribution in [0.2, 0.25) is 0 Å². The highest BCUT2D eigenvalue weighted by molar-refractivity contribution is 5.90. The minimum Gasteiger partial charge on any atom is -0.454 e. The number of rotatable bonds is 2. The van der Waals surface area contributed by atoms with Crippen LogP contribution in [0.4, 0.5) is 0 Å². The zero-order valence-corrected chi connectivity index (χ0v) is 8.71. The normalized spacial score (nSPS) is 13.1. The Kier molecular flexibility index (Phi) is 2.78. The Balaban J connectivity index is 2.14. The molecule has 0 fully saturated rings. The minimum atomic E-state index is -0.488. The molecule has 0 unspecified atom stereocenters. The van der Waals surface area contributed by atoms with E-state index in [1.165, 1.54) is 13.1 Å². The molecule has 1 aliphatic rings. The molecule has 1 amide bonds. The number of benzene rings is 1.